The number of rotatable bonds is 9. The van der Waals surface area contributed by atoms with E-state index in [2.05, 4.69) is 20.3 Å². The fraction of sp³-hybridized carbons (Fsp3) is 0.269. The number of nitrogens with one attached hydrogen (secondary N) is 2. The van der Waals surface area contributed by atoms with Gasteiger partial charge in [-0.2, -0.15) is 0 Å². The van der Waals surface area contributed by atoms with Crippen LogP contribution in [0.15, 0.2) is 47.8 Å². The first-order valence-electron chi connectivity index (χ1n) is 11.5. The lowest BCUT2D eigenvalue weighted by molar-refractivity contribution is -0.142. The Morgan fingerprint density at radius 1 is 1.08 bits per heavy atom. The Bertz CT molecular complexity index is 1390. The fourth-order valence-corrected chi connectivity index (χ4v) is 4.21. The minimum Gasteiger partial charge on any atom is -0.466 e. The molecule has 0 aliphatic rings. The molecule has 2 aromatic heterocycles. The molecule has 186 valence electrons. The van der Waals surface area contributed by atoms with Gasteiger partial charge in [0.15, 0.2) is 11.2 Å². The molecule has 2 heterocycles. The molecule has 4 aromatic rings. The molecule has 0 radical (unpaired) electrons. The van der Waals surface area contributed by atoms with Crippen LogP contribution in [0.1, 0.15) is 41.9 Å². The average Bonchev–Trinajstić information content (AvgIpc) is 3.48. The summed E-state index contributed by atoms with van der Waals surface area (Å²) in [6, 6.07) is 13.0. The van der Waals surface area contributed by atoms with E-state index in [9.17, 15) is 14.4 Å². The number of carbonyl (C=O) groups is 3. The summed E-state index contributed by atoms with van der Waals surface area (Å²) in [5, 5.41) is 4.64. The Morgan fingerprint density at radius 2 is 1.86 bits per heavy atom. The molecule has 1 amide bonds. The molecule has 0 bridgehead atoms. The van der Waals surface area contributed by atoms with Crippen LogP contribution in [0.25, 0.3) is 22.4 Å². The van der Waals surface area contributed by atoms with Crippen molar-refractivity contribution in [3.05, 3.63) is 64.7 Å². The molecular formula is C26H26N4O5S. The topological polar surface area (TPSA) is 123 Å². The predicted molar refractivity (Wildman–Crippen MR) is 137 cm³/mol. The van der Waals surface area contributed by atoms with Crippen LogP contribution in [-0.4, -0.2) is 45.5 Å². The second-order valence-electron chi connectivity index (χ2n) is 8.10. The van der Waals surface area contributed by atoms with Gasteiger partial charge in [-0.25, -0.2) is 14.8 Å². The number of nitrogens with zero attached hydrogens (tertiary/aromatic N) is 2. The third-order valence-electron chi connectivity index (χ3n) is 5.37. The molecule has 4 rings (SSSR count). The first-order chi connectivity index (χ1) is 17.4. The number of amides is 1. The molecule has 0 spiro atoms. The normalized spacial score (nSPS) is 11.8. The largest absolute Gasteiger partial charge is 0.466 e. The van der Waals surface area contributed by atoms with Crippen LogP contribution >= 0.6 is 11.3 Å². The SMILES string of the molecule is CCOC(=O)Cc1csc(NC(=O)C(CC)OC(=O)c2ccc3nc(-c4ccc(C)cc4)[nH]c3c2)n1. The van der Waals surface area contributed by atoms with E-state index in [1.165, 1.54) is 11.3 Å². The van der Waals surface area contributed by atoms with Crippen molar-refractivity contribution in [2.45, 2.75) is 39.7 Å². The fourth-order valence-electron chi connectivity index (χ4n) is 3.50. The van der Waals surface area contributed by atoms with Crippen LogP contribution in [0.2, 0.25) is 0 Å². The van der Waals surface area contributed by atoms with Crippen molar-refractivity contribution in [2.75, 3.05) is 11.9 Å². The third-order valence-corrected chi connectivity index (χ3v) is 6.17. The Morgan fingerprint density at radius 3 is 2.58 bits per heavy atom. The zero-order chi connectivity index (χ0) is 25.7. The van der Waals surface area contributed by atoms with Crippen molar-refractivity contribution in [3.63, 3.8) is 0 Å². The summed E-state index contributed by atoms with van der Waals surface area (Å²) >= 11 is 1.18. The molecule has 1 unspecified atom stereocenters. The van der Waals surface area contributed by atoms with E-state index in [1.807, 2.05) is 31.2 Å². The van der Waals surface area contributed by atoms with Crippen LogP contribution in [-0.2, 0) is 25.5 Å². The number of thiazole rings is 1. The number of carbonyl (C=O) groups excluding carboxylic acids is 3. The first-order valence-corrected chi connectivity index (χ1v) is 12.4. The lowest BCUT2D eigenvalue weighted by atomic mass is 10.1. The second kappa shape index (κ2) is 11.1. The zero-order valence-electron chi connectivity index (χ0n) is 20.2. The van der Waals surface area contributed by atoms with Gasteiger partial charge in [-0.1, -0.05) is 36.8 Å². The van der Waals surface area contributed by atoms with Crippen molar-refractivity contribution in [3.8, 4) is 11.4 Å². The molecular weight excluding hydrogens is 480 g/mol. The highest BCUT2D eigenvalue weighted by Gasteiger charge is 2.23. The summed E-state index contributed by atoms with van der Waals surface area (Å²) in [6.07, 6.45) is -0.702. The van der Waals surface area contributed by atoms with E-state index >= 15 is 0 Å². The molecule has 36 heavy (non-hydrogen) atoms. The molecule has 0 saturated heterocycles. The second-order valence-corrected chi connectivity index (χ2v) is 8.96. The summed E-state index contributed by atoms with van der Waals surface area (Å²) in [5.74, 6) is -0.798. The number of esters is 2. The molecule has 0 aliphatic heterocycles. The van der Waals surface area contributed by atoms with Crippen LogP contribution in [0, 0.1) is 6.92 Å². The van der Waals surface area contributed by atoms with E-state index in [0.29, 0.717) is 33.2 Å². The lowest BCUT2D eigenvalue weighted by Crippen LogP contribution is -2.32. The number of hydrogen-bond acceptors (Lipinski definition) is 8. The van der Waals surface area contributed by atoms with Gasteiger partial charge in [0.25, 0.3) is 5.91 Å². The van der Waals surface area contributed by atoms with Gasteiger partial charge in [-0.15, -0.1) is 11.3 Å². The molecule has 0 aliphatic carbocycles. The smallest absolute Gasteiger partial charge is 0.338 e. The van der Waals surface area contributed by atoms with Gasteiger partial charge < -0.3 is 14.5 Å². The van der Waals surface area contributed by atoms with Gasteiger partial charge in [0.05, 0.1) is 35.3 Å². The van der Waals surface area contributed by atoms with Crippen molar-refractivity contribution in [1.29, 1.82) is 0 Å². The van der Waals surface area contributed by atoms with Crippen LogP contribution < -0.4 is 5.32 Å². The van der Waals surface area contributed by atoms with Crippen LogP contribution in [0.5, 0.6) is 0 Å². The van der Waals surface area contributed by atoms with Crippen molar-refractivity contribution >= 4 is 45.3 Å². The van der Waals surface area contributed by atoms with Crippen molar-refractivity contribution < 1.29 is 23.9 Å². The molecule has 9 nitrogen and oxygen atoms in total. The van der Waals surface area contributed by atoms with Gasteiger partial charge in [0, 0.05) is 10.9 Å². The number of imidazole rings is 1. The Labute approximate surface area is 211 Å². The molecule has 1 atom stereocenters. The highest BCUT2D eigenvalue weighted by atomic mass is 32.1. The first kappa shape index (κ1) is 25.1. The molecule has 0 fully saturated rings. The molecule has 2 aromatic carbocycles. The summed E-state index contributed by atoms with van der Waals surface area (Å²) in [6.45, 7) is 5.78. The van der Waals surface area contributed by atoms with Crippen LogP contribution in [0.4, 0.5) is 5.13 Å². The van der Waals surface area contributed by atoms with Gasteiger partial charge in [-0.3, -0.25) is 14.9 Å². The molecule has 0 saturated carbocycles. The minimum atomic E-state index is -1.00. The monoisotopic (exact) mass is 506 g/mol. The maximum absolute atomic E-state index is 12.8. The maximum atomic E-state index is 12.8. The van der Waals surface area contributed by atoms with Crippen molar-refractivity contribution in [2.24, 2.45) is 0 Å². The van der Waals surface area contributed by atoms with Gasteiger partial charge in [0.1, 0.15) is 5.82 Å². The summed E-state index contributed by atoms with van der Waals surface area (Å²) < 4.78 is 10.4. The number of anilines is 1. The van der Waals surface area contributed by atoms with Crippen molar-refractivity contribution in [1.82, 2.24) is 15.0 Å². The summed E-state index contributed by atoms with van der Waals surface area (Å²) in [5.41, 5.74) is 4.30. The third kappa shape index (κ3) is 5.95. The molecule has 2 N–H and O–H groups in total. The number of ether oxygens (including phenoxy) is 2. The lowest BCUT2D eigenvalue weighted by Gasteiger charge is -2.15. The van der Waals surface area contributed by atoms with E-state index in [1.54, 1.807) is 37.4 Å². The standard InChI is InChI=1S/C26H26N4O5S/c1-4-21(24(32)30-26-27-18(14-36-26)13-22(31)34-5-2)35-25(33)17-10-11-19-20(12-17)29-23(28-19)16-8-6-15(3)7-9-16/h6-12,14,21H,4-5,13H2,1-3H3,(H,28,29)(H,27,30,32). The highest BCUT2D eigenvalue weighted by Crippen LogP contribution is 2.23. The minimum absolute atomic E-state index is 0.0219. The highest BCUT2D eigenvalue weighted by molar-refractivity contribution is 7.13. The number of hydrogen-bond donors (Lipinski definition) is 2. The van der Waals surface area contributed by atoms with Gasteiger partial charge in [-0.05, 0) is 38.5 Å². The van der Waals surface area contributed by atoms with Gasteiger partial charge in [0.2, 0.25) is 0 Å². The number of aryl methyl sites for hydroxylation is 1. The van der Waals surface area contributed by atoms with E-state index in [0.717, 1.165) is 11.1 Å². The van der Waals surface area contributed by atoms with E-state index in [4.69, 9.17) is 9.47 Å². The summed E-state index contributed by atoms with van der Waals surface area (Å²) in [7, 11) is 0. The average molecular weight is 507 g/mol. The zero-order valence-corrected chi connectivity index (χ0v) is 21.0. The quantitative estimate of drug-likeness (QED) is 0.316. The summed E-state index contributed by atoms with van der Waals surface area (Å²) in [4.78, 5) is 49.2. The number of benzene rings is 2. The molecule has 10 heteroatoms. The maximum Gasteiger partial charge on any atom is 0.338 e. The van der Waals surface area contributed by atoms with Gasteiger partial charge >= 0.3 is 11.9 Å². The Hall–Kier alpha value is -4.05. The number of aromatic amines is 1. The predicted octanol–water partition coefficient (Wildman–Crippen LogP) is 4.67. The Kier molecular flexibility index (Phi) is 7.74. The number of aromatic nitrogens is 3. The number of fused-ring (bicyclic) bond motifs is 1. The Balaban J connectivity index is 1.41. The van der Waals surface area contributed by atoms with Crippen LogP contribution in [0.3, 0.4) is 0 Å². The van der Waals surface area contributed by atoms with E-state index in [-0.39, 0.29) is 25.4 Å². The van der Waals surface area contributed by atoms with E-state index < -0.39 is 18.0 Å². The number of H-pyrrole nitrogens is 1.